The van der Waals surface area contributed by atoms with E-state index in [1.54, 1.807) is 7.05 Å². The van der Waals surface area contributed by atoms with Crippen LogP contribution in [0.4, 0.5) is 0 Å². The number of nitrogens with one attached hydrogen (secondary N) is 1. The van der Waals surface area contributed by atoms with E-state index in [-0.39, 0.29) is 0 Å². The lowest BCUT2D eigenvalue weighted by molar-refractivity contribution is 0.125. The maximum atomic E-state index is 5.45. The lowest BCUT2D eigenvalue weighted by Crippen LogP contribution is -2.33. The van der Waals surface area contributed by atoms with Crippen LogP contribution in [0.1, 0.15) is 5.56 Å². The number of nitrogens with two attached hydrogens (primary N) is 1. The lowest BCUT2D eigenvalue weighted by atomic mass is 10.2. The topological polar surface area (TPSA) is 59.6 Å². The van der Waals surface area contributed by atoms with Crippen LogP contribution in [0.25, 0.3) is 0 Å². The van der Waals surface area contributed by atoms with Gasteiger partial charge in [0.1, 0.15) is 0 Å². The van der Waals surface area contributed by atoms with Gasteiger partial charge < -0.3 is 15.8 Å². The van der Waals surface area contributed by atoms with Crippen LogP contribution in [0.15, 0.2) is 35.3 Å². The number of hydrogen-bond donors (Lipinski definition) is 2. The smallest absolute Gasteiger partial charge is 0.188 e. The van der Waals surface area contributed by atoms with E-state index in [1.165, 1.54) is 5.56 Å². The summed E-state index contributed by atoms with van der Waals surface area (Å²) < 4.78 is 5.44. The van der Waals surface area contributed by atoms with E-state index in [2.05, 4.69) is 10.3 Å². The van der Waals surface area contributed by atoms with Crippen molar-refractivity contribution in [3.63, 3.8) is 0 Å². The molecular weight excluding hydrogens is 190 g/mol. The molecule has 0 bridgehead atoms. The van der Waals surface area contributed by atoms with E-state index in [9.17, 15) is 0 Å². The first-order valence-electron chi connectivity index (χ1n) is 4.90. The third-order valence-corrected chi connectivity index (χ3v) is 1.90. The van der Waals surface area contributed by atoms with Crippen LogP contribution in [0.3, 0.4) is 0 Å². The van der Waals surface area contributed by atoms with E-state index in [4.69, 9.17) is 10.5 Å². The largest absolute Gasteiger partial charge is 0.375 e. The molecule has 1 aromatic carbocycles. The van der Waals surface area contributed by atoms with Crippen molar-refractivity contribution in [2.75, 3.05) is 20.2 Å². The Labute approximate surface area is 90.2 Å². The van der Waals surface area contributed by atoms with E-state index < -0.39 is 0 Å². The molecule has 4 heteroatoms. The molecule has 0 aliphatic carbocycles. The fourth-order valence-electron chi connectivity index (χ4n) is 1.09. The summed E-state index contributed by atoms with van der Waals surface area (Å²) in [5, 5.41) is 2.92. The highest BCUT2D eigenvalue weighted by atomic mass is 16.5. The molecule has 82 valence electrons. The molecule has 0 atom stereocenters. The molecule has 0 aromatic heterocycles. The lowest BCUT2D eigenvalue weighted by Gasteiger charge is -2.06. The molecular formula is C11H17N3O. The monoisotopic (exact) mass is 207 g/mol. The van der Waals surface area contributed by atoms with E-state index >= 15 is 0 Å². The second-order valence-electron chi connectivity index (χ2n) is 3.07. The number of rotatable bonds is 5. The first-order chi connectivity index (χ1) is 7.33. The van der Waals surface area contributed by atoms with Gasteiger partial charge in [0.25, 0.3) is 0 Å². The quantitative estimate of drug-likeness (QED) is 0.425. The Hall–Kier alpha value is -1.55. The zero-order chi connectivity index (χ0) is 10.9. The number of guanidine groups is 1. The van der Waals surface area contributed by atoms with Crippen molar-refractivity contribution in [2.24, 2.45) is 10.7 Å². The molecule has 1 aromatic rings. The summed E-state index contributed by atoms with van der Waals surface area (Å²) >= 11 is 0. The van der Waals surface area contributed by atoms with Gasteiger partial charge in [-0.15, -0.1) is 0 Å². The Kier molecular flexibility index (Phi) is 5.25. The van der Waals surface area contributed by atoms with Gasteiger partial charge in [-0.2, -0.15) is 0 Å². The molecule has 0 saturated carbocycles. The van der Waals surface area contributed by atoms with Gasteiger partial charge in [-0.3, -0.25) is 4.99 Å². The minimum Gasteiger partial charge on any atom is -0.375 e. The molecule has 1 rings (SSSR count). The second-order valence-corrected chi connectivity index (χ2v) is 3.07. The summed E-state index contributed by atoms with van der Waals surface area (Å²) in [6.07, 6.45) is 0. The van der Waals surface area contributed by atoms with Gasteiger partial charge in [0.15, 0.2) is 5.96 Å². The Bertz CT molecular complexity index is 298. The van der Waals surface area contributed by atoms with E-state index in [1.807, 2.05) is 30.3 Å². The molecule has 0 spiro atoms. The normalized spacial score (nSPS) is 11.4. The van der Waals surface area contributed by atoms with Crippen LogP contribution >= 0.6 is 0 Å². The average Bonchev–Trinajstić information content (AvgIpc) is 2.29. The van der Waals surface area contributed by atoms with Gasteiger partial charge in [0, 0.05) is 13.6 Å². The second kappa shape index (κ2) is 6.84. The molecule has 0 radical (unpaired) electrons. The predicted octanol–water partition coefficient (Wildman–Crippen LogP) is 0.737. The highest BCUT2D eigenvalue weighted by Crippen LogP contribution is 1.99. The average molecular weight is 207 g/mol. The van der Waals surface area contributed by atoms with E-state index in [0.717, 1.165) is 0 Å². The van der Waals surface area contributed by atoms with Crippen molar-refractivity contribution < 1.29 is 4.74 Å². The van der Waals surface area contributed by atoms with Crippen molar-refractivity contribution in [3.05, 3.63) is 35.9 Å². The summed E-state index contributed by atoms with van der Waals surface area (Å²) in [5.41, 5.74) is 6.63. The Morgan fingerprint density at radius 3 is 2.80 bits per heavy atom. The Morgan fingerprint density at radius 1 is 1.40 bits per heavy atom. The van der Waals surface area contributed by atoms with Crippen LogP contribution in [0, 0.1) is 0 Å². The van der Waals surface area contributed by atoms with Gasteiger partial charge in [0.2, 0.25) is 0 Å². The minimum absolute atomic E-state index is 0.443. The highest BCUT2D eigenvalue weighted by Gasteiger charge is 1.92. The van der Waals surface area contributed by atoms with Crippen LogP contribution in [0.2, 0.25) is 0 Å². The standard InChI is InChI=1S/C11H17N3O/c1-13-11(12)14-7-8-15-9-10-5-3-2-4-6-10/h2-6H,7-9H2,1H3,(H3,12,13,14). The third-order valence-electron chi connectivity index (χ3n) is 1.90. The fraction of sp³-hybridized carbons (Fsp3) is 0.364. The fourth-order valence-corrected chi connectivity index (χ4v) is 1.09. The Balaban J connectivity index is 2.08. The summed E-state index contributed by atoms with van der Waals surface area (Å²) in [6.45, 7) is 1.92. The van der Waals surface area contributed by atoms with Crippen molar-refractivity contribution in [1.82, 2.24) is 5.32 Å². The van der Waals surface area contributed by atoms with Gasteiger partial charge >= 0.3 is 0 Å². The molecule has 0 aliphatic heterocycles. The van der Waals surface area contributed by atoms with E-state index in [0.29, 0.717) is 25.7 Å². The van der Waals surface area contributed by atoms with Crippen molar-refractivity contribution >= 4 is 5.96 Å². The van der Waals surface area contributed by atoms with Crippen molar-refractivity contribution in [3.8, 4) is 0 Å². The summed E-state index contributed by atoms with van der Waals surface area (Å²) in [4.78, 5) is 3.77. The summed E-state index contributed by atoms with van der Waals surface area (Å²) in [7, 11) is 1.65. The van der Waals surface area contributed by atoms with Crippen LogP contribution < -0.4 is 11.1 Å². The number of benzene rings is 1. The molecule has 4 nitrogen and oxygen atoms in total. The molecule has 0 fully saturated rings. The maximum absolute atomic E-state index is 5.45. The predicted molar refractivity (Wildman–Crippen MR) is 61.6 cm³/mol. The number of hydrogen-bond acceptors (Lipinski definition) is 2. The highest BCUT2D eigenvalue weighted by molar-refractivity contribution is 5.77. The van der Waals surface area contributed by atoms with Crippen LogP contribution in [0.5, 0.6) is 0 Å². The summed E-state index contributed by atoms with van der Waals surface area (Å²) in [6, 6.07) is 10.1. The zero-order valence-corrected chi connectivity index (χ0v) is 8.94. The number of aliphatic imine (C=N–C) groups is 1. The number of ether oxygens (including phenoxy) is 1. The molecule has 0 saturated heterocycles. The van der Waals surface area contributed by atoms with Crippen LogP contribution in [-0.2, 0) is 11.3 Å². The number of nitrogens with zero attached hydrogens (tertiary/aromatic N) is 1. The van der Waals surface area contributed by atoms with Gasteiger partial charge in [-0.1, -0.05) is 30.3 Å². The zero-order valence-electron chi connectivity index (χ0n) is 8.94. The molecule has 3 N–H and O–H groups in total. The molecule has 15 heavy (non-hydrogen) atoms. The molecule has 0 heterocycles. The van der Waals surface area contributed by atoms with Crippen molar-refractivity contribution in [1.29, 1.82) is 0 Å². The SMILES string of the molecule is CN=C(N)NCCOCc1ccccc1. The third kappa shape index (κ3) is 5.02. The molecule has 0 unspecified atom stereocenters. The Morgan fingerprint density at radius 2 is 2.13 bits per heavy atom. The summed E-state index contributed by atoms with van der Waals surface area (Å²) in [5.74, 6) is 0.443. The first kappa shape index (κ1) is 11.5. The first-order valence-corrected chi connectivity index (χ1v) is 4.90. The molecule has 0 aliphatic rings. The minimum atomic E-state index is 0.443. The maximum Gasteiger partial charge on any atom is 0.188 e. The molecule has 0 amide bonds. The van der Waals surface area contributed by atoms with Gasteiger partial charge in [-0.25, -0.2) is 0 Å². The van der Waals surface area contributed by atoms with Gasteiger partial charge in [-0.05, 0) is 5.56 Å². The van der Waals surface area contributed by atoms with Gasteiger partial charge in [0.05, 0.1) is 13.2 Å². The van der Waals surface area contributed by atoms with Crippen molar-refractivity contribution in [2.45, 2.75) is 6.61 Å². The van der Waals surface area contributed by atoms with Crippen LogP contribution in [-0.4, -0.2) is 26.2 Å².